The van der Waals surface area contributed by atoms with Crippen LogP contribution < -0.4 is 4.74 Å². The summed E-state index contributed by atoms with van der Waals surface area (Å²) in [6.07, 6.45) is 1.71. The average molecular weight is 463 g/mol. The van der Waals surface area contributed by atoms with E-state index in [1.165, 1.54) is 18.2 Å². The molecule has 0 radical (unpaired) electrons. The lowest BCUT2D eigenvalue weighted by molar-refractivity contribution is 0.491. The van der Waals surface area contributed by atoms with Crippen molar-refractivity contribution in [2.24, 2.45) is 4.99 Å². The Morgan fingerprint density at radius 2 is 2.07 bits per heavy atom. The van der Waals surface area contributed by atoms with Crippen molar-refractivity contribution in [3.05, 3.63) is 57.3 Å². The summed E-state index contributed by atoms with van der Waals surface area (Å²) in [5.74, 6) is 0.0202. The Morgan fingerprint density at radius 3 is 2.73 bits per heavy atom. The predicted octanol–water partition coefficient (Wildman–Crippen LogP) is 6.84. The van der Waals surface area contributed by atoms with Crippen LogP contribution in [0.1, 0.15) is 18.1 Å². The van der Waals surface area contributed by atoms with Gasteiger partial charge in [-0.15, -0.1) is 0 Å². The van der Waals surface area contributed by atoms with E-state index in [-0.39, 0.29) is 10.6 Å². The van der Waals surface area contributed by atoms with E-state index in [0.717, 1.165) is 23.6 Å². The molecule has 2 aromatic carbocycles. The van der Waals surface area contributed by atoms with Crippen molar-refractivity contribution in [3.63, 3.8) is 0 Å². The monoisotopic (exact) mass is 462 g/mol. The molecule has 0 aliphatic rings. The Labute approximate surface area is 188 Å². The van der Waals surface area contributed by atoms with Crippen molar-refractivity contribution in [2.45, 2.75) is 13.8 Å². The zero-order chi connectivity index (χ0) is 21.8. The van der Waals surface area contributed by atoms with Crippen molar-refractivity contribution in [1.29, 1.82) is 5.26 Å². The number of hydrogen-bond acceptors (Lipinski definition) is 5. The number of hydrogen-bond donors (Lipinski definition) is 0. The summed E-state index contributed by atoms with van der Waals surface area (Å²) in [4.78, 5) is 6.31. The van der Waals surface area contributed by atoms with Crippen molar-refractivity contribution in [2.75, 3.05) is 13.6 Å². The number of aromatic nitrogens is 1. The summed E-state index contributed by atoms with van der Waals surface area (Å²) in [6, 6.07) is 9.49. The molecule has 0 bridgehead atoms. The molecule has 1 heterocycles. The van der Waals surface area contributed by atoms with Crippen LogP contribution in [0.25, 0.3) is 11.3 Å². The lowest BCUT2D eigenvalue weighted by atomic mass is 10.1. The van der Waals surface area contributed by atoms with E-state index in [0.29, 0.717) is 32.8 Å². The molecule has 154 valence electrons. The maximum absolute atomic E-state index is 13.4. The minimum Gasteiger partial charge on any atom is -0.443 e. The molecule has 0 aliphatic carbocycles. The lowest BCUT2D eigenvalue weighted by Gasteiger charge is -2.11. The van der Waals surface area contributed by atoms with E-state index in [2.05, 4.69) is 15.4 Å². The largest absolute Gasteiger partial charge is 0.443 e. The fraction of sp³-hybridized carbons (Fsp3) is 0.190. The molecule has 0 atom stereocenters. The molecule has 0 aliphatic heterocycles. The topological polar surface area (TPSA) is 61.5 Å². The maximum atomic E-state index is 13.4. The number of halogens is 3. The van der Waals surface area contributed by atoms with Crippen LogP contribution in [0.3, 0.4) is 0 Å². The van der Waals surface area contributed by atoms with Crippen LogP contribution >= 0.6 is 34.7 Å². The van der Waals surface area contributed by atoms with E-state index in [1.54, 1.807) is 12.4 Å². The number of aliphatic imine (C=N–C) groups is 1. The van der Waals surface area contributed by atoms with Gasteiger partial charge in [-0.1, -0.05) is 23.2 Å². The van der Waals surface area contributed by atoms with Crippen molar-refractivity contribution < 1.29 is 9.13 Å². The summed E-state index contributed by atoms with van der Waals surface area (Å²) in [6.45, 7) is 4.70. The molecule has 30 heavy (non-hydrogen) atoms. The van der Waals surface area contributed by atoms with Gasteiger partial charge in [0, 0.05) is 36.8 Å². The van der Waals surface area contributed by atoms with E-state index >= 15 is 0 Å². The van der Waals surface area contributed by atoms with Crippen LogP contribution in [0.2, 0.25) is 10.0 Å². The zero-order valence-electron chi connectivity index (χ0n) is 16.4. The third-order valence-corrected chi connectivity index (χ3v) is 5.64. The number of aryl methyl sites for hydroxylation is 1. The highest BCUT2D eigenvalue weighted by Gasteiger charge is 2.20. The molecule has 0 unspecified atom stereocenters. The second kappa shape index (κ2) is 9.43. The van der Waals surface area contributed by atoms with Gasteiger partial charge < -0.3 is 9.64 Å². The number of benzene rings is 2. The van der Waals surface area contributed by atoms with Crippen LogP contribution in [0.15, 0.2) is 35.3 Å². The first kappa shape index (κ1) is 22.0. The van der Waals surface area contributed by atoms with Crippen LogP contribution in [0.4, 0.5) is 10.1 Å². The first-order chi connectivity index (χ1) is 14.3. The van der Waals surface area contributed by atoms with E-state index < -0.39 is 5.82 Å². The Kier molecular flexibility index (Phi) is 6.93. The summed E-state index contributed by atoms with van der Waals surface area (Å²) < 4.78 is 23.6. The van der Waals surface area contributed by atoms with E-state index in [1.807, 2.05) is 31.9 Å². The summed E-state index contributed by atoms with van der Waals surface area (Å²) in [7, 11) is 1.92. The zero-order valence-corrected chi connectivity index (χ0v) is 18.7. The quantitative estimate of drug-likeness (QED) is 0.297. The van der Waals surface area contributed by atoms with Crippen molar-refractivity contribution in [3.8, 4) is 28.1 Å². The highest BCUT2D eigenvalue weighted by Crippen LogP contribution is 2.41. The van der Waals surface area contributed by atoms with Gasteiger partial charge in [0.15, 0.2) is 0 Å². The van der Waals surface area contributed by atoms with Gasteiger partial charge >= 0.3 is 0 Å². The molecule has 5 nitrogen and oxygen atoms in total. The van der Waals surface area contributed by atoms with Crippen molar-refractivity contribution >= 4 is 46.8 Å². The van der Waals surface area contributed by atoms with Gasteiger partial charge in [0.2, 0.25) is 5.06 Å². The van der Waals surface area contributed by atoms with E-state index in [4.69, 9.17) is 27.9 Å². The first-order valence-electron chi connectivity index (χ1n) is 8.91. The number of ether oxygens (including phenoxy) is 1. The van der Waals surface area contributed by atoms with Gasteiger partial charge in [-0.3, -0.25) is 0 Å². The smallest absolute Gasteiger partial charge is 0.218 e. The van der Waals surface area contributed by atoms with Gasteiger partial charge in [0.1, 0.15) is 28.9 Å². The van der Waals surface area contributed by atoms with Crippen LogP contribution in [0, 0.1) is 24.1 Å². The molecule has 3 rings (SSSR count). The molecule has 9 heteroatoms. The fourth-order valence-corrected chi connectivity index (χ4v) is 3.69. The highest BCUT2D eigenvalue weighted by molar-refractivity contribution is 7.08. The molecule has 1 aromatic heterocycles. The number of nitriles is 1. The van der Waals surface area contributed by atoms with Crippen LogP contribution in [-0.4, -0.2) is 29.2 Å². The molecule has 0 spiro atoms. The first-order valence-corrected chi connectivity index (χ1v) is 10.4. The second-order valence-electron chi connectivity index (χ2n) is 6.42. The predicted molar refractivity (Wildman–Crippen MR) is 120 cm³/mol. The lowest BCUT2D eigenvalue weighted by Crippen LogP contribution is -2.14. The molecule has 0 saturated heterocycles. The molecule has 3 aromatic rings. The minimum absolute atomic E-state index is 0.168. The Morgan fingerprint density at radius 1 is 1.30 bits per heavy atom. The Balaban J connectivity index is 1.94. The SMILES string of the molecule is CCN(C)/C=N\c1cc(C)c(Oc2snc(-c3ccc(F)cc3Cl)c2C#N)cc1Cl. The summed E-state index contributed by atoms with van der Waals surface area (Å²) >= 11 is 13.5. The molecule has 0 saturated carbocycles. The highest BCUT2D eigenvalue weighted by atomic mass is 35.5. The summed E-state index contributed by atoms with van der Waals surface area (Å²) in [5, 5.41) is 10.5. The molecule has 0 N–H and O–H groups in total. The van der Waals surface area contributed by atoms with Crippen LogP contribution in [-0.2, 0) is 0 Å². The van der Waals surface area contributed by atoms with Crippen LogP contribution in [0.5, 0.6) is 10.8 Å². The van der Waals surface area contributed by atoms with Gasteiger partial charge in [0.05, 0.1) is 22.1 Å². The standard InChI is InChI=1S/C21H17Cl2FN4OS/c1-4-28(3)11-26-18-7-12(2)19(9-17(18)23)29-21-15(10-25)20(27-30-21)14-6-5-13(24)8-16(14)22/h5-9,11H,4H2,1-3H3/b26-11-. The normalized spacial score (nSPS) is 11.0. The Bertz CT molecular complexity index is 1160. The molecular weight excluding hydrogens is 446 g/mol. The number of nitrogens with zero attached hydrogens (tertiary/aromatic N) is 4. The Hall–Kier alpha value is -2.66. The molecular formula is C21H17Cl2FN4OS. The van der Waals surface area contributed by atoms with Gasteiger partial charge in [-0.05, 0) is 43.7 Å². The molecule has 0 fully saturated rings. The number of rotatable bonds is 6. The average Bonchev–Trinajstić information content (AvgIpc) is 3.11. The maximum Gasteiger partial charge on any atom is 0.218 e. The minimum atomic E-state index is -0.466. The van der Waals surface area contributed by atoms with Crippen molar-refractivity contribution in [1.82, 2.24) is 9.27 Å². The molecule has 0 amide bonds. The third-order valence-electron chi connectivity index (χ3n) is 4.30. The van der Waals surface area contributed by atoms with Gasteiger partial charge in [-0.2, -0.15) is 9.64 Å². The second-order valence-corrected chi connectivity index (χ2v) is 7.97. The fourth-order valence-electron chi connectivity index (χ4n) is 2.51. The van der Waals surface area contributed by atoms with Gasteiger partial charge in [0.25, 0.3) is 0 Å². The van der Waals surface area contributed by atoms with Gasteiger partial charge in [-0.25, -0.2) is 9.38 Å². The third kappa shape index (κ3) is 4.73. The van der Waals surface area contributed by atoms with E-state index in [9.17, 15) is 9.65 Å². The summed E-state index contributed by atoms with van der Waals surface area (Å²) in [5.41, 5.74) is 2.43.